The molecule has 4 nitrogen and oxygen atoms in total. The Bertz CT molecular complexity index is 722. The van der Waals surface area contributed by atoms with Crippen LogP contribution in [-0.2, 0) is 17.8 Å². The van der Waals surface area contributed by atoms with E-state index in [9.17, 15) is 4.79 Å². The van der Waals surface area contributed by atoms with Gasteiger partial charge in [0.2, 0.25) is 0 Å². The Labute approximate surface area is 132 Å². The lowest BCUT2D eigenvalue weighted by molar-refractivity contribution is -0.0546. The Morgan fingerprint density at radius 1 is 1.48 bits per heavy atom. The molecule has 0 unspecified atom stereocenters. The summed E-state index contributed by atoms with van der Waals surface area (Å²) in [5.41, 5.74) is 1.83. The fourth-order valence-corrected chi connectivity index (χ4v) is 4.51. The van der Waals surface area contributed by atoms with Crippen LogP contribution in [0.1, 0.15) is 44.1 Å². The van der Waals surface area contributed by atoms with Crippen LogP contribution >= 0.6 is 23.1 Å². The third-order valence-corrected chi connectivity index (χ3v) is 6.29. The molecule has 1 aliphatic rings. The summed E-state index contributed by atoms with van der Waals surface area (Å²) in [6, 6.07) is 0. The van der Waals surface area contributed by atoms with Crippen molar-refractivity contribution in [3.63, 3.8) is 0 Å². The van der Waals surface area contributed by atoms with E-state index in [0.29, 0.717) is 6.61 Å². The number of aromatic nitrogens is 2. The molecule has 2 aromatic rings. The average molecular weight is 324 g/mol. The van der Waals surface area contributed by atoms with Gasteiger partial charge in [-0.1, -0.05) is 25.6 Å². The molecule has 3 rings (SSSR count). The molecule has 21 heavy (non-hydrogen) atoms. The van der Waals surface area contributed by atoms with Crippen molar-refractivity contribution in [1.29, 1.82) is 0 Å². The topological polar surface area (TPSA) is 55.0 Å². The molecule has 0 fully saturated rings. The molecular weight excluding hydrogens is 304 g/mol. The van der Waals surface area contributed by atoms with Crippen LogP contribution in [0.2, 0.25) is 0 Å². The normalized spacial score (nSPS) is 21.7. The lowest BCUT2D eigenvalue weighted by Gasteiger charge is -2.32. The Hall–Kier alpha value is -0.850. The number of ether oxygens (including phenoxy) is 1. The van der Waals surface area contributed by atoms with Crippen molar-refractivity contribution in [2.75, 3.05) is 5.75 Å². The lowest BCUT2D eigenvalue weighted by Crippen LogP contribution is -2.33. The molecule has 0 aliphatic carbocycles. The number of rotatable bonds is 4. The maximum absolute atomic E-state index is 12.3. The van der Waals surface area contributed by atoms with Gasteiger partial charge in [-0.2, -0.15) is 0 Å². The fraction of sp³-hybridized carbons (Fsp3) is 0.600. The van der Waals surface area contributed by atoms with Crippen molar-refractivity contribution in [3.8, 4) is 0 Å². The van der Waals surface area contributed by atoms with Gasteiger partial charge in [0.25, 0.3) is 5.56 Å². The molecule has 1 N–H and O–H groups in total. The maximum Gasteiger partial charge on any atom is 0.269 e. The zero-order valence-electron chi connectivity index (χ0n) is 12.6. The van der Waals surface area contributed by atoms with Crippen molar-refractivity contribution >= 4 is 33.3 Å². The molecule has 0 saturated heterocycles. The maximum atomic E-state index is 12.3. The highest BCUT2D eigenvalue weighted by molar-refractivity contribution is 7.99. The van der Waals surface area contributed by atoms with Crippen LogP contribution in [0.3, 0.4) is 0 Å². The molecule has 0 spiro atoms. The van der Waals surface area contributed by atoms with Crippen molar-refractivity contribution in [1.82, 2.24) is 9.97 Å². The van der Waals surface area contributed by atoms with E-state index >= 15 is 0 Å². The molecule has 1 atom stereocenters. The Balaban J connectivity index is 2.06. The summed E-state index contributed by atoms with van der Waals surface area (Å²) in [6.07, 6.45) is 2.91. The largest absolute Gasteiger partial charge is 0.370 e. The van der Waals surface area contributed by atoms with Crippen LogP contribution < -0.4 is 5.56 Å². The third kappa shape index (κ3) is 2.76. The van der Waals surface area contributed by atoms with Gasteiger partial charge in [0.05, 0.1) is 17.7 Å². The van der Waals surface area contributed by atoms with E-state index in [2.05, 4.69) is 30.7 Å². The van der Waals surface area contributed by atoms with Gasteiger partial charge in [-0.3, -0.25) is 4.79 Å². The smallest absolute Gasteiger partial charge is 0.269 e. The average Bonchev–Trinajstić information content (AvgIpc) is 2.83. The number of nitrogens with one attached hydrogen (secondary N) is 1. The number of fused-ring (bicyclic) bond motifs is 3. The zero-order chi connectivity index (χ0) is 15.0. The minimum Gasteiger partial charge on any atom is -0.370 e. The molecular formula is C15H20N2O2S2. The molecule has 2 aromatic heterocycles. The van der Waals surface area contributed by atoms with E-state index in [1.54, 1.807) is 23.1 Å². The lowest BCUT2D eigenvalue weighted by atomic mass is 9.93. The predicted octanol–water partition coefficient (Wildman–Crippen LogP) is 3.73. The minimum absolute atomic E-state index is 0.0174. The molecule has 0 saturated carbocycles. The van der Waals surface area contributed by atoms with Crippen molar-refractivity contribution in [2.45, 2.75) is 57.4 Å². The van der Waals surface area contributed by atoms with E-state index in [1.807, 2.05) is 0 Å². The first-order chi connectivity index (χ1) is 10.1. The molecule has 1 aliphatic heterocycles. The van der Waals surface area contributed by atoms with Crippen LogP contribution in [-0.4, -0.2) is 21.3 Å². The predicted molar refractivity (Wildman–Crippen MR) is 88.4 cm³/mol. The third-order valence-electron chi connectivity index (χ3n) is 3.99. The first kappa shape index (κ1) is 15.1. The van der Waals surface area contributed by atoms with Crippen LogP contribution in [0.4, 0.5) is 0 Å². The molecule has 114 valence electrons. The van der Waals surface area contributed by atoms with Gasteiger partial charge in [-0.15, -0.1) is 11.3 Å². The van der Waals surface area contributed by atoms with Gasteiger partial charge in [-0.25, -0.2) is 4.98 Å². The Morgan fingerprint density at radius 3 is 3.00 bits per heavy atom. The molecule has 0 radical (unpaired) electrons. The van der Waals surface area contributed by atoms with Crippen molar-refractivity contribution in [2.24, 2.45) is 0 Å². The Kier molecular flexibility index (Phi) is 4.12. The number of aromatic amines is 1. The summed E-state index contributed by atoms with van der Waals surface area (Å²) in [5.74, 6) is 0.963. The van der Waals surface area contributed by atoms with Crippen LogP contribution in [0.15, 0.2) is 9.95 Å². The van der Waals surface area contributed by atoms with Gasteiger partial charge in [0, 0.05) is 22.6 Å². The number of thiophene rings is 1. The summed E-state index contributed by atoms with van der Waals surface area (Å²) in [4.78, 5) is 21.1. The second-order valence-corrected chi connectivity index (χ2v) is 7.86. The van der Waals surface area contributed by atoms with Gasteiger partial charge in [-0.05, 0) is 19.8 Å². The molecule has 6 heteroatoms. The van der Waals surface area contributed by atoms with Crippen LogP contribution in [0.5, 0.6) is 0 Å². The van der Waals surface area contributed by atoms with E-state index in [4.69, 9.17) is 4.74 Å². The molecule has 0 bridgehead atoms. The monoisotopic (exact) mass is 324 g/mol. The van der Waals surface area contributed by atoms with E-state index < -0.39 is 0 Å². The SMILES string of the molecule is CCCSc1nc2c3c(sc2c(=O)[nH]1)C[C@](C)(CC)OC3. The highest BCUT2D eigenvalue weighted by Crippen LogP contribution is 2.38. The molecule has 0 amide bonds. The Morgan fingerprint density at radius 2 is 2.29 bits per heavy atom. The van der Waals surface area contributed by atoms with Gasteiger partial charge < -0.3 is 9.72 Å². The highest BCUT2D eigenvalue weighted by atomic mass is 32.2. The minimum atomic E-state index is -0.111. The second kappa shape index (κ2) is 5.74. The summed E-state index contributed by atoms with van der Waals surface area (Å²) in [6.45, 7) is 6.97. The van der Waals surface area contributed by atoms with Crippen LogP contribution in [0, 0.1) is 0 Å². The summed E-state index contributed by atoms with van der Waals surface area (Å²) in [7, 11) is 0. The van der Waals surface area contributed by atoms with E-state index in [1.165, 1.54) is 4.88 Å². The molecule has 0 aromatic carbocycles. The van der Waals surface area contributed by atoms with Crippen molar-refractivity contribution < 1.29 is 4.74 Å². The summed E-state index contributed by atoms with van der Waals surface area (Å²) in [5, 5.41) is 0.721. The van der Waals surface area contributed by atoms with E-state index in [-0.39, 0.29) is 11.2 Å². The standard InChI is InChI=1S/C15H20N2O2S2/c1-4-6-20-14-16-11-9-8-19-15(3,5-2)7-10(9)21-12(11)13(18)17-14/h4-8H2,1-3H3,(H,16,17,18)/t15-/m0/s1. The van der Waals surface area contributed by atoms with Gasteiger partial charge >= 0.3 is 0 Å². The van der Waals surface area contributed by atoms with Crippen LogP contribution in [0.25, 0.3) is 10.2 Å². The summed E-state index contributed by atoms with van der Waals surface area (Å²) < 4.78 is 6.76. The van der Waals surface area contributed by atoms with Crippen molar-refractivity contribution in [3.05, 3.63) is 20.8 Å². The van der Waals surface area contributed by atoms with Gasteiger partial charge in [0.1, 0.15) is 4.70 Å². The number of hydrogen-bond acceptors (Lipinski definition) is 5. The molecule has 3 heterocycles. The second-order valence-electron chi connectivity index (χ2n) is 5.67. The van der Waals surface area contributed by atoms with E-state index in [0.717, 1.165) is 46.0 Å². The number of thioether (sulfide) groups is 1. The number of H-pyrrole nitrogens is 1. The quantitative estimate of drug-likeness (QED) is 0.688. The first-order valence-electron chi connectivity index (χ1n) is 7.37. The first-order valence-corrected chi connectivity index (χ1v) is 9.18. The number of nitrogens with zero attached hydrogens (tertiary/aromatic N) is 1. The summed E-state index contributed by atoms with van der Waals surface area (Å²) >= 11 is 3.19. The van der Waals surface area contributed by atoms with Gasteiger partial charge in [0.15, 0.2) is 5.16 Å². The zero-order valence-corrected chi connectivity index (χ0v) is 14.2. The number of hydrogen-bond donors (Lipinski definition) is 1. The fourth-order valence-electron chi connectivity index (χ4n) is 2.48. The highest BCUT2D eigenvalue weighted by Gasteiger charge is 2.32.